The molecule has 0 amide bonds. The van der Waals surface area contributed by atoms with E-state index in [9.17, 15) is 4.79 Å². The highest BCUT2D eigenvalue weighted by atomic mass is 127. The van der Waals surface area contributed by atoms with E-state index in [-0.39, 0.29) is 5.69 Å². The molecule has 0 radical (unpaired) electrons. The molecule has 0 saturated carbocycles. The Hall–Kier alpha value is -1.08. The van der Waals surface area contributed by atoms with Crippen molar-refractivity contribution in [1.29, 1.82) is 0 Å². The molecule has 0 fully saturated rings. The largest absolute Gasteiger partial charge is 0.476 e. The van der Waals surface area contributed by atoms with Gasteiger partial charge in [0.1, 0.15) is 0 Å². The van der Waals surface area contributed by atoms with Gasteiger partial charge in [-0.2, -0.15) is 5.10 Å². The van der Waals surface area contributed by atoms with Crippen LogP contribution in [0.2, 0.25) is 5.02 Å². The monoisotopic (exact) mass is 376 g/mol. The van der Waals surface area contributed by atoms with Crippen LogP contribution in [0.4, 0.5) is 0 Å². The van der Waals surface area contributed by atoms with Gasteiger partial charge in [0, 0.05) is 5.02 Å². The Balaban J connectivity index is 2.61. The molecule has 0 atom stereocenters. The van der Waals surface area contributed by atoms with Crippen LogP contribution in [0.5, 0.6) is 0 Å². The Labute approximate surface area is 123 Å². The van der Waals surface area contributed by atoms with Gasteiger partial charge in [0.15, 0.2) is 5.69 Å². The number of hydrogen-bond acceptors (Lipinski definition) is 2. The molecule has 18 heavy (non-hydrogen) atoms. The van der Waals surface area contributed by atoms with Crippen molar-refractivity contribution in [3.63, 3.8) is 0 Å². The highest BCUT2D eigenvalue weighted by Gasteiger charge is 2.18. The van der Waals surface area contributed by atoms with E-state index < -0.39 is 5.97 Å². The number of aryl methyl sites for hydroxylation is 1. The number of carboxylic acids is 1. The second kappa shape index (κ2) is 4.89. The summed E-state index contributed by atoms with van der Waals surface area (Å²) in [5, 5.41) is 13.8. The lowest BCUT2D eigenvalue weighted by Gasteiger charge is -2.06. The Kier molecular flexibility index (Phi) is 3.63. The SMILES string of the molecule is Cc1ccc(-n2nc(C(=O)O)c(I)c2C)cc1Cl. The zero-order chi connectivity index (χ0) is 13.4. The Morgan fingerprint density at radius 3 is 2.61 bits per heavy atom. The van der Waals surface area contributed by atoms with Crippen LogP contribution in [0.3, 0.4) is 0 Å². The number of nitrogens with zero attached hydrogens (tertiary/aromatic N) is 2. The number of hydrogen-bond donors (Lipinski definition) is 1. The molecule has 0 unspecified atom stereocenters. The lowest BCUT2D eigenvalue weighted by atomic mass is 10.2. The van der Waals surface area contributed by atoms with Crippen LogP contribution in [-0.4, -0.2) is 20.9 Å². The van der Waals surface area contributed by atoms with Crippen molar-refractivity contribution < 1.29 is 9.90 Å². The molecule has 2 aromatic rings. The van der Waals surface area contributed by atoms with E-state index in [1.165, 1.54) is 0 Å². The summed E-state index contributed by atoms with van der Waals surface area (Å²) < 4.78 is 2.23. The molecule has 0 bridgehead atoms. The van der Waals surface area contributed by atoms with Crippen molar-refractivity contribution >= 4 is 40.2 Å². The van der Waals surface area contributed by atoms with E-state index in [0.717, 1.165) is 16.9 Å². The molecule has 2 rings (SSSR count). The molecule has 1 aromatic carbocycles. The molecule has 0 saturated heterocycles. The molecule has 0 spiro atoms. The first kappa shape index (κ1) is 13.4. The normalized spacial score (nSPS) is 10.7. The van der Waals surface area contributed by atoms with Gasteiger partial charge in [-0.1, -0.05) is 17.7 Å². The number of aromatic nitrogens is 2. The summed E-state index contributed by atoms with van der Waals surface area (Å²) >= 11 is 8.05. The summed E-state index contributed by atoms with van der Waals surface area (Å²) in [5.74, 6) is -1.03. The summed E-state index contributed by atoms with van der Waals surface area (Å²) in [6.45, 7) is 3.74. The van der Waals surface area contributed by atoms with Crippen LogP contribution in [-0.2, 0) is 0 Å². The fourth-order valence-corrected chi connectivity index (χ4v) is 2.33. The quantitative estimate of drug-likeness (QED) is 0.817. The molecule has 0 aliphatic heterocycles. The third-order valence-electron chi connectivity index (χ3n) is 2.65. The molecule has 1 N–H and O–H groups in total. The molecule has 4 nitrogen and oxygen atoms in total. The van der Waals surface area contributed by atoms with Crippen LogP contribution in [0, 0.1) is 17.4 Å². The minimum Gasteiger partial charge on any atom is -0.476 e. The van der Waals surface area contributed by atoms with E-state index in [4.69, 9.17) is 16.7 Å². The second-order valence-electron chi connectivity index (χ2n) is 3.90. The van der Waals surface area contributed by atoms with Crippen LogP contribution < -0.4 is 0 Å². The van der Waals surface area contributed by atoms with Gasteiger partial charge in [0.2, 0.25) is 0 Å². The van der Waals surface area contributed by atoms with Crippen LogP contribution in [0.1, 0.15) is 21.7 Å². The molecular formula is C12H10ClIN2O2. The summed E-state index contributed by atoms with van der Waals surface area (Å²) in [6, 6.07) is 5.52. The highest BCUT2D eigenvalue weighted by Crippen LogP contribution is 2.23. The third kappa shape index (κ3) is 2.24. The zero-order valence-electron chi connectivity index (χ0n) is 9.74. The van der Waals surface area contributed by atoms with Gasteiger partial charge >= 0.3 is 5.97 Å². The molecular weight excluding hydrogens is 367 g/mol. The Morgan fingerprint density at radius 1 is 1.44 bits per heavy atom. The topological polar surface area (TPSA) is 55.1 Å². The van der Waals surface area contributed by atoms with E-state index >= 15 is 0 Å². The molecule has 0 aliphatic rings. The first-order valence-corrected chi connectivity index (χ1v) is 6.62. The minimum absolute atomic E-state index is 0.0600. The minimum atomic E-state index is -1.03. The van der Waals surface area contributed by atoms with Gasteiger partial charge in [0.25, 0.3) is 0 Å². The molecule has 1 heterocycles. The molecule has 1 aromatic heterocycles. The maximum atomic E-state index is 11.0. The van der Waals surface area contributed by atoms with E-state index in [1.807, 2.05) is 48.6 Å². The van der Waals surface area contributed by atoms with Crippen molar-refractivity contribution in [2.24, 2.45) is 0 Å². The van der Waals surface area contributed by atoms with Crippen molar-refractivity contribution in [3.05, 3.63) is 43.7 Å². The first-order chi connectivity index (χ1) is 8.41. The van der Waals surface area contributed by atoms with Gasteiger partial charge in [-0.05, 0) is 54.1 Å². The average molecular weight is 377 g/mol. The maximum absolute atomic E-state index is 11.0. The zero-order valence-corrected chi connectivity index (χ0v) is 12.7. The van der Waals surface area contributed by atoms with Gasteiger partial charge in [-0.3, -0.25) is 0 Å². The predicted molar refractivity (Wildman–Crippen MR) is 77.7 cm³/mol. The molecule has 0 aliphatic carbocycles. The third-order valence-corrected chi connectivity index (χ3v) is 4.34. The molecule has 6 heteroatoms. The number of halogens is 2. The van der Waals surface area contributed by atoms with E-state index in [0.29, 0.717) is 8.59 Å². The lowest BCUT2D eigenvalue weighted by molar-refractivity contribution is 0.0689. The van der Waals surface area contributed by atoms with Gasteiger partial charge < -0.3 is 5.11 Å². The first-order valence-electron chi connectivity index (χ1n) is 5.16. The van der Waals surface area contributed by atoms with Crippen LogP contribution in [0.15, 0.2) is 18.2 Å². The van der Waals surface area contributed by atoms with Crippen molar-refractivity contribution in [2.75, 3.05) is 0 Å². The number of aromatic carboxylic acids is 1. The van der Waals surface area contributed by atoms with Crippen molar-refractivity contribution in [2.45, 2.75) is 13.8 Å². The summed E-state index contributed by atoms with van der Waals surface area (Å²) in [6.07, 6.45) is 0. The fraction of sp³-hybridized carbons (Fsp3) is 0.167. The number of carbonyl (C=O) groups is 1. The standard InChI is InChI=1S/C12H10ClIN2O2/c1-6-3-4-8(5-9(6)13)16-7(2)10(14)11(15-16)12(17)18/h3-5H,1-2H3,(H,17,18). The highest BCUT2D eigenvalue weighted by molar-refractivity contribution is 14.1. The predicted octanol–water partition coefficient (Wildman–Crippen LogP) is 3.45. The summed E-state index contributed by atoms with van der Waals surface area (Å²) in [7, 11) is 0. The number of carboxylic acid groups (broad SMARTS) is 1. The van der Waals surface area contributed by atoms with Crippen molar-refractivity contribution in [3.8, 4) is 5.69 Å². The maximum Gasteiger partial charge on any atom is 0.357 e. The van der Waals surface area contributed by atoms with Gasteiger partial charge in [-0.25, -0.2) is 9.48 Å². The van der Waals surface area contributed by atoms with E-state index in [2.05, 4.69) is 5.10 Å². The van der Waals surface area contributed by atoms with Crippen molar-refractivity contribution in [1.82, 2.24) is 9.78 Å². The Morgan fingerprint density at radius 2 is 2.11 bits per heavy atom. The van der Waals surface area contributed by atoms with Crippen LogP contribution >= 0.6 is 34.2 Å². The van der Waals surface area contributed by atoms with E-state index in [1.54, 1.807) is 10.7 Å². The fourth-order valence-electron chi connectivity index (χ4n) is 1.58. The lowest BCUT2D eigenvalue weighted by Crippen LogP contribution is -2.02. The smallest absolute Gasteiger partial charge is 0.357 e. The number of benzene rings is 1. The summed E-state index contributed by atoms with van der Waals surface area (Å²) in [4.78, 5) is 11.0. The Bertz CT molecular complexity index is 637. The van der Waals surface area contributed by atoms with Gasteiger partial charge in [0.05, 0.1) is 15.0 Å². The average Bonchev–Trinajstić information content (AvgIpc) is 2.60. The number of rotatable bonds is 2. The van der Waals surface area contributed by atoms with Crippen LogP contribution in [0.25, 0.3) is 5.69 Å². The second-order valence-corrected chi connectivity index (χ2v) is 5.38. The summed E-state index contributed by atoms with van der Waals surface area (Å²) in [5.41, 5.74) is 2.57. The van der Waals surface area contributed by atoms with Gasteiger partial charge in [-0.15, -0.1) is 0 Å². The molecule has 94 valence electrons.